The molecule has 3 N–H and O–H groups in total. The van der Waals surface area contributed by atoms with Crippen LogP contribution in [0.5, 0.6) is 11.5 Å². The zero-order valence-electron chi connectivity index (χ0n) is 13.7. The quantitative estimate of drug-likeness (QED) is 0.667. The summed E-state index contributed by atoms with van der Waals surface area (Å²) in [6.45, 7) is 2.15. The van der Waals surface area contributed by atoms with Crippen LogP contribution in [0.3, 0.4) is 0 Å². The van der Waals surface area contributed by atoms with Crippen LogP contribution in [0.25, 0.3) is 10.8 Å². The number of fused-ring (bicyclic) bond motifs is 1. The van der Waals surface area contributed by atoms with E-state index < -0.39 is 5.91 Å². The van der Waals surface area contributed by atoms with E-state index in [0.717, 1.165) is 10.8 Å². The third kappa shape index (κ3) is 3.77. The van der Waals surface area contributed by atoms with E-state index in [9.17, 15) is 4.79 Å². The second-order valence-electron chi connectivity index (χ2n) is 5.20. The van der Waals surface area contributed by atoms with E-state index in [2.05, 4.69) is 15.2 Å². The molecule has 0 atom stereocenters. The van der Waals surface area contributed by atoms with E-state index in [1.807, 2.05) is 37.3 Å². The molecule has 0 spiro atoms. The van der Waals surface area contributed by atoms with Crippen LogP contribution in [-0.4, -0.2) is 24.1 Å². The second kappa shape index (κ2) is 7.48. The molecule has 7 heteroatoms. The molecule has 0 radical (unpaired) electrons. The summed E-state index contributed by atoms with van der Waals surface area (Å²) in [4.78, 5) is 14.8. The molecule has 0 bridgehead atoms. The second-order valence-corrected chi connectivity index (χ2v) is 5.20. The molecular formula is C18H18N4O3. The Bertz CT molecular complexity index is 918. The van der Waals surface area contributed by atoms with Crippen molar-refractivity contribution in [1.82, 2.24) is 4.98 Å². The molecule has 0 aliphatic carbocycles. The maximum absolute atomic E-state index is 11.9. The number of nitrogens with one attached hydrogen (secondary N) is 1. The lowest BCUT2D eigenvalue weighted by Gasteiger charge is -2.09. The summed E-state index contributed by atoms with van der Waals surface area (Å²) < 4.78 is 10.9. The van der Waals surface area contributed by atoms with Crippen molar-refractivity contribution in [3.63, 3.8) is 0 Å². The van der Waals surface area contributed by atoms with Gasteiger partial charge >= 0.3 is 5.91 Å². The number of aromatic nitrogens is 1. The Hall–Kier alpha value is -3.35. The summed E-state index contributed by atoms with van der Waals surface area (Å²) in [5.74, 6) is 1.49. The van der Waals surface area contributed by atoms with E-state index in [1.165, 1.54) is 0 Å². The Morgan fingerprint density at radius 1 is 1.04 bits per heavy atom. The number of ether oxygens (including phenoxy) is 2. The minimum absolute atomic E-state index is 0.234. The van der Waals surface area contributed by atoms with Crippen molar-refractivity contribution >= 4 is 28.3 Å². The summed E-state index contributed by atoms with van der Waals surface area (Å²) in [7, 11) is 0. The summed E-state index contributed by atoms with van der Waals surface area (Å²) in [6.07, 6.45) is 0. The Morgan fingerprint density at radius 2 is 1.68 bits per heavy atom. The lowest BCUT2D eigenvalue weighted by Crippen LogP contribution is -2.09. The van der Waals surface area contributed by atoms with Gasteiger partial charge in [-0.25, -0.2) is 0 Å². The van der Waals surface area contributed by atoms with Crippen LogP contribution in [0.15, 0.2) is 58.8 Å². The first-order chi connectivity index (χ1) is 12.2. The van der Waals surface area contributed by atoms with Gasteiger partial charge in [0.2, 0.25) is 0 Å². The predicted octanol–water partition coefficient (Wildman–Crippen LogP) is 3.84. The number of H-pyrrole nitrogens is 1. The van der Waals surface area contributed by atoms with Crippen molar-refractivity contribution in [1.29, 1.82) is 0 Å². The maximum Gasteiger partial charge on any atom is 0.302 e. The van der Waals surface area contributed by atoms with E-state index in [4.69, 9.17) is 15.2 Å². The topological polar surface area (TPSA) is 102 Å². The van der Waals surface area contributed by atoms with E-state index in [-0.39, 0.29) is 6.61 Å². The van der Waals surface area contributed by atoms with E-state index in [0.29, 0.717) is 29.7 Å². The molecule has 1 aromatic heterocycles. The minimum Gasteiger partial charge on any atom is -0.490 e. The maximum atomic E-state index is 11.9. The van der Waals surface area contributed by atoms with Crippen LogP contribution < -0.4 is 15.2 Å². The standard InChI is InChI=1S/C18H18N4O3/c1-2-24-14-9-5-6-10-15(14)25-11-16(23)21-22-18-13-8-4-3-7-12(13)17(19)20-18/h3-10,20H,2,11,19H2,1H3. The molecule has 1 heterocycles. The van der Waals surface area contributed by atoms with Gasteiger partial charge in [0.25, 0.3) is 0 Å². The summed E-state index contributed by atoms with van der Waals surface area (Å²) in [5.41, 5.74) is 5.88. The number of benzene rings is 2. The van der Waals surface area contributed by atoms with Crippen molar-refractivity contribution in [3.05, 3.63) is 48.5 Å². The zero-order valence-corrected chi connectivity index (χ0v) is 13.7. The fourth-order valence-electron chi connectivity index (χ4n) is 2.38. The number of nitrogens with two attached hydrogens (primary N) is 1. The molecule has 128 valence electrons. The van der Waals surface area contributed by atoms with Gasteiger partial charge in [-0.2, -0.15) is 0 Å². The number of hydrogen-bond acceptors (Lipinski definition) is 5. The number of para-hydroxylation sites is 2. The van der Waals surface area contributed by atoms with Crippen molar-refractivity contribution in [2.75, 3.05) is 18.9 Å². The molecule has 0 aliphatic heterocycles. The molecule has 0 unspecified atom stereocenters. The third-order valence-electron chi connectivity index (χ3n) is 3.49. The number of rotatable bonds is 6. The van der Waals surface area contributed by atoms with Gasteiger partial charge in [-0.05, 0) is 19.1 Å². The molecule has 0 saturated heterocycles. The van der Waals surface area contributed by atoms with E-state index >= 15 is 0 Å². The molecule has 2 aromatic carbocycles. The number of carbonyl (C=O) groups is 1. The lowest BCUT2D eigenvalue weighted by atomic mass is 10.2. The minimum atomic E-state index is -0.511. The molecule has 0 fully saturated rings. The molecule has 3 aromatic rings. The molecule has 0 aliphatic rings. The van der Waals surface area contributed by atoms with Gasteiger partial charge in [-0.3, -0.25) is 4.79 Å². The Kier molecular flexibility index (Phi) is 4.94. The van der Waals surface area contributed by atoms with Gasteiger partial charge in [0, 0.05) is 10.8 Å². The summed E-state index contributed by atoms with van der Waals surface area (Å²) >= 11 is 0. The number of anilines is 1. The first kappa shape index (κ1) is 16.5. The molecule has 3 rings (SSSR count). The highest BCUT2D eigenvalue weighted by Gasteiger charge is 2.09. The van der Waals surface area contributed by atoms with Crippen molar-refractivity contribution in [2.45, 2.75) is 6.92 Å². The van der Waals surface area contributed by atoms with Gasteiger partial charge in [0.05, 0.1) is 6.61 Å². The zero-order chi connectivity index (χ0) is 17.6. The normalized spacial score (nSPS) is 11.1. The van der Waals surface area contributed by atoms with Gasteiger partial charge in [-0.15, -0.1) is 10.2 Å². The number of azo groups is 1. The van der Waals surface area contributed by atoms with E-state index in [1.54, 1.807) is 18.2 Å². The number of carbonyl (C=O) groups excluding carboxylic acids is 1. The van der Waals surface area contributed by atoms with Crippen LogP contribution in [-0.2, 0) is 4.79 Å². The van der Waals surface area contributed by atoms with Crippen LogP contribution >= 0.6 is 0 Å². The van der Waals surface area contributed by atoms with Crippen LogP contribution in [0, 0.1) is 0 Å². The van der Waals surface area contributed by atoms with Crippen LogP contribution in [0.2, 0.25) is 0 Å². The highest BCUT2D eigenvalue weighted by atomic mass is 16.5. The number of amides is 1. The van der Waals surface area contributed by atoms with Gasteiger partial charge in [0.1, 0.15) is 5.82 Å². The summed E-state index contributed by atoms with van der Waals surface area (Å²) in [5, 5.41) is 9.28. The number of aromatic amines is 1. The van der Waals surface area contributed by atoms with Crippen LogP contribution in [0.4, 0.5) is 11.6 Å². The van der Waals surface area contributed by atoms with Gasteiger partial charge in [0.15, 0.2) is 23.9 Å². The average molecular weight is 338 g/mol. The Morgan fingerprint density at radius 3 is 2.40 bits per heavy atom. The fraction of sp³-hybridized carbons (Fsp3) is 0.167. The highest BCUT2D eigenvalue weighted by Crippen LogP contribution is 2.30. The first-order valence-electron chi connectivity index (χ1n) is 7.84. The Labute approximate surface area is 144 Å². The first-order valence-corrected chi connectivity index (χ1v) is 7.84. The molecule has 1 amide bonds. The monoisotopic (exact) mass is 338 g/mol. The average Bonchev–Trinajstić information content (AvgIpc) is 2.96. The van der Waals surface area contributed by atoms with Crippen molar-refractivity contribution < 1.29 is 14.3 Å². The lowest BCUT2D eigenvalue weighted by molar-refractivity contribution is -0.120. The molecular weight excluding hydrogens is 320 g/mol. The fourth-order valence-corrected chi connectivity index (χ4v) is 2.38. The number of nitrogens with zero attached hydrogens (tertiary/aromatic N) is 2. The summed E-state index contributed by atoms with van der Waals surface area (Å²) in [6, 6.07) is 14.6. The molecule has 25 heavy (non-hydrogen) atoms. The SMILES string of the molecule is CCOc1ccccc1OCC(=O)N=Nc1[nH]c(N)c2ccccc12. The molecule has 7 nitrogen and oxygen atoms in total. The highest BCUT2D eigenvalue weighted by molar-refractivity contribution is 5.99. The van der Waals surface area contributed by atoms with Gasteiger partial charge in [-0.1, -0.05) is 36.4 Å². The van der Waals surface area contributed by atoms with Crippen molar-refractivity contribution in [3.8, 4) is 11.5 Å². The van der Waals surface area contributed by atoms with Crippen LogP contribution in [0.1, 0.15) is 6.92 Å². The van der Waals surface area contributed by atoms with Gasteiger partial charge < -0.3 is 20.2 Å². The molecule has 0 saturated carbocycles. The number of nitrogen functional groups attached to an aromatic ring is 1. The Balaban J connectivity index is 1.67. The largest absolute Gasteiger partial charge is 0.490 e. The number of hydrogen-bond donors (Lipinski definition) is 2. The smallest absolute Gasteiger partial charge is 0.302 e. The third-order valence-corrected chi connectivity index (χ3v) is 3.49. The van der Waals surface area contributed by atoms with Crippen molar-refractivity contribution in [2.24, 2.45) is 10.2 Å². The predicted molar refractivity (Wildman–Crippen MR) is 95.3 cm³/mol.